The molecule has 3 heterocycles. The highest BCUT2D eigenvalue weighted by Crippen LogP contribution is 2.26. The summed E-state index contributed by atoms with van der Waals surface area (Å²) in [4.78, 5) is 10.4. The minimum absolute atomic E-state index is 0.262. The molecule has 7 heteroatoms. The molecule has 6 rings (SSSR count). The molecule has 2 aliphatic rings. The average molecular weight is 487 g/mol. The fraction of sp³-hybridized carbons (Fsp3) is 0.448. The Balaban J connectivity index is 1.18. The van der Waals surface area contributed by atoms with Gasteiger partial charge in [0.2, 0.25) is 0 Å². The molecule has 2 aromatic carbocycles. The van der Waals surface area contributed by atoms with Crippen LogP contribution in [-0.2, 0) is 19.5 Å². The zero-order valence-corrected chi connectivity index (χ0v) is 21.1. The molecule has 0 radical (unpaired) electrons. The van der Waals surface area contributed by atoms with E-state index in [1.165, 1.54) is 62.0 Å². The van der Waals surface area contributed by atoms with Gasteiger partial charge in [-0.15, -0.1) is 0 Å². The van der Waals surface area contributed by atoms with Crippen molar-refractivity contribution in [2.24, 2.45) is 0 Å². The number of benzene rings is 2. The molecular weight excluding hydrogens is 451 g/mol. The van der Waals surface area contributed by atoms with E-state index in [2.05, 4.69) is 44.6 Å². The number of rotatable bonds is 7. The monoisotopic (exact) mass is 486 g/mol. The van der Waals surface area contributed by atoms with E-state index in [1.54, 1.807) is 16.9 Å². The van der Waals surface area contributed by atoms with Gasteiger partial charge in [-0.25, -0.2) is 14.1 Å². The highest BCUT2D eigenvalue weighted by atomic mass is 19.1. The van der Waals surface area contributed by atoms with Crippen molar-refractivity contribution in [3.63, 3.8) is 0 Å². The lowest BCUT2D eigenvalue weighted by molar-refractivity contribution is 0.0937. The standard InChI is InChI=1S/C29H35FN6/c1-2-35-28-11-10-22(21-33-14-16-34(17-15-33)24-7-3-4-8-24)18-27(28)32-29(35)20-26-12-13-31-36(26)25-9-5-6-23(30)19-25/h5-6,9-13,18-19,24H,2-4,7-8,14-17,20-21H2,1H3. The quantitative estimate of drug-likeness (QED) is 0.367. The van der Waals surface area contributed by atoms with Crippen LogP contribution in [0.25, 0.3) is 16.7 Å². The van der Waals surface area contributed by atoms with Crippen LogP contribution in [-0.4, -0.2) is 61.4 Å². The first-order valence-electron chi connectivity index (χ1n) is 13.4. The van der Waals surface area contributed by atoms with Crippen LogP contribution < -0.4 is 0 Å². The maximum Gasteiger partial charge on any atom is 0.125 e. The second-order valence-corrected chi connectivity index (χ2v) is 10.2. The summed E-state index contributed by atoms with van der Waals surface area (Å²) >= 11 is 0. The Kier molecular flexibility index (Phi) is 6.59. The molecule has 1 aliphatic heterocycles. The van der Waals surface area contributed by atoms with Crippen LogP contribution in [0.15, 0.2) is 54.7 Å². The van der Waals surface area contributed by atoms with Gasteiger partial charge < -0.3 is 4.57 Å². The second-order valence-electron chi connectivity index (χ2n) is 10.2. The molecule has 2 fully saturated rings. The van der Waals surface area contributed by atoms with Crippen LogP contribution in [0, 0.1) is 5.82 Å². The van der Waals surface area contributed by atoms with E-state index < -0.39 is 0 Å². The number of aromatic nitrogens is 4. The summed E-state index contributed by atoms with van der Waals surface area (Å²) in [5.41, 5.74) is 5.26. The summed E-state index contributed by atoms with van der Waals surface area (Å²) in [6.45, 7) is 8.67. The number of nitrogens with zero attached hydrogens (tertiary/aromatic N) is 6. The highest BCUT2D eigenvalue weighted by molar-refractivity contribution is 5.77. The third-order valence-corrected chi connectivity index (χ3v) is 7.98. The van der Waals surface area contributed by atoms with E-state index in [4.69, 9.17) is 4.98 Å². The van der Waals surface area contributed by atoms with Crippen LogP contribution in [0.4, 0.5) is 4.39 Å². The van der Waals surface area contributed by atoms with Crippen LogP contribution in [0.1, 0.15) is 49.7 Å². The summed E-state index contributed by atoms with van der Waals surface area (Å²) in [5.74, 6) is 0.746. The van der Waals surface area contributed by atoms with Crippen LogP contribution in [0.3, 0.4) is 0 Å². The van der Waals surface area contributed by atoms with Crippen molar-refractivity contribution in [3.05, 3.63) is 77.6 Å². The summed E-state index contributed by atoms with van der Waals surface area (Å²) in [6, 6.07) is 16.1. The van der Waals surface area contributed by atoms with Gasteiger partial charge in [0.15, 0.2) is 0 Å². The molecule has 1 saturated heterocycles. The van der Waals surface area contributed by atoms with Crippen LogP contribution in [0.5, 0.6) is 0 Å². The van der Waals surface area contributed by atoms with Crippen LogP contribution in [0.2, 0.25) is 0 Å². The molecule has 0 amide bonds. The minimum Gasteiger partial charge on any atom is -0.328 e. The lowest BCUT2D eigenvalue weighted by atomic mass is 10.1. The smallest absolute Gasteiger partial charge is 0.125 e. The largest absolute Gasteiger partial charge is 0.328 e. The number of halogens is 1. The van der Waals surface area contributed by atoms with Gasteiger partial charge >= 0.3 is 0 Å². The van der Waals surface area contributed by atoms with Crippen molar-refractivity contribution in [1.82, 2.24) is 29.1 Å². The topological polar surface area (TPSA) is 42.1 Å². The first-order chi connectivity index (χ1) is 17.7. The van der Waals surface area contributed by atoms with Gasteiger partial charge in [-0.05, 0) is 61.7 Å². The maximum atomic E-state index is 13.8. The number of piperazine rings is 1. The van der Waals surface area contributed by atoms with Crippen molar-refractivity contribution in [3.8, 4) is 5.69 Å². The molecule has 1 aliphatic carbocycles. The van der Waals surface area contributed by atoms with Gasteiger partial charge in [-0.2, -0.15) is 5.10 Å². The molecule has 0 spiro atoms. The molecule has 0 bridgehead atoms. The lowest BCUT2D eigenvalue weighted by Gasteiger charge is -2.38. The average Bonchev–Trinajstić information content (AvgIpc) is 3.65. The fourth-order valence-corrected chi connectivity index (χ4v) is 6.09. The van der Waals surface area contributed by atoms with E-state index in [-0.39, 0.29) is 5.82 Å². The summed E-state index contributed by atoms with van der Waals surface area (Å²) < 4.78 is 17.9. The Morgan fingerprint density at radius 1 is 0.972 bits per heavy atom. The Hall–Kier alpha value is -3.03. The van der Waals surface area contributed by atoms with Gasteiger partial charge in [-0.1, -0.05) is 25.0 Å². The predicted molar refractivity (Wildman–Crippen MR) is 141 cm³/mol. The highest BCUT2D eigenvalue weighted by Gasteiger charge is 2.26. The Bertz CT molecular complexity index is 1330. The van der Waals surface area contributed by atoms with E-state index in [1.807, 2.05) is 12.1 Å². The number of aryl methyl sites for hydroxylation is 1. The molecule has 1 saturated carbocycles. The second kappa shape index (κ2) is 10.1. The van der Waals surface area contributed by atoms with Crippen molar-refractivity contribution in [2.45, 2.75) is 58.2 Å². The normalized spacial score (nSPS) is 17.9. The Labute approximate surface area is 212 Å². The molecule has 0 atom stereocenters. The summed E-state index contributed by atoms with van der Waals surface area (Å²) in [7, 11) is 0. The van der Waals surface area contributed by atoms with Gasteiger partial charge in [0.1, 0.15) is 11.6 Å². The van der Waals surface area contributed by atoms with E-state index >= 15 is 0 Å². The Morgan fingerprint density at radius 2 is 1.81 bits per heavy atom. The van der Waals surface area contributed by atoms with Crippen molar-refractivity contribution in [1.29, 1.82) is 0 Å². The molecule has 4 aromatic rings. The van der Waals surface area contributed by atoms with Crippen molar-refractivity contribution >= 4 is 11.0 Å². The number of imidazole rings is 1. The number of fused-ring (bicyclic) bond motifs is 1. The van der Waals surface area contributed by atoms with Gasteiger partial charge in [-0.3, -0.25) is 9.80 Å². The third-order valence-electron chi connectivity index (χ3n) is 7.98. The predicted octanol–water partition coefficient (Wildman–Crippen LogP) is 5.03. The lowest BCUT2D eigenvalue weighted by Crippen LogP contribution is -2.49. The SMILES string of the molecule is CCn1c(Cc2ccnn2-c2cccc(F)c2)nc2cc(CN3CCN(C4CCCC4)CC3)ccc21. The fourth-order valence-electron chi connectivity index (χ4n) is 6.09. The van der Waals surface area contributed by atoms with Crippen molar-refractivity contribution in [2.75, 3.05) is 26.2 Å². The number of hydrogen-bond acceptors (Lipinski definition) is 4. The minimum atomic E-state index is -0.262. The van der Waals surface area contributed by atoms with Gasteiger partial charge in [0.05, 0.1) is 22.4 Å². The van der Waals surface area contributed by atoms with Gasteiger partial charge in [0, 0.05) is 57.9 Å². The molecule has 6 nitrogen and oxygen atoms in total. The number of hydrogen-bond donors (Lipinski definition) is 0. The first-order valence-corrected chi connectivity index (χ1v) is 13.4. The molecular formula is C29H35FN6. The zero-order valence-electron chi connectivity index (χ0n) is 21.1. The third kappa shape index (κ3) is 4.70. The molecule has 188 valence electrons. The summed E-state index contributed by atoms with van der Waals surface area (Å²) in [5, 5.41) is 4.45. The van der Waals surface area contributed by atoms with Crippen LogP contribution >= 0.6 is 0 Å². The zero-order chi connectivity index (χ0) is 24.5. The van der Waals surface area contributed by atoms with E-state index in [9.17, 15) is 4.39 Å². The first kappa shape index (κ1) is 23.4. The summed E-state index contributed by atoms with van der Waals surface area (Å²) in [6.07, 6.45) is 8.00. The Morgan fingerprint density at radius 3 is 2.58 bits per heavy atom. The van der Waals surface area contributed by atoms with E-state index in [0.29, 0.717) is 6.42 Å². The van der Waals surface area contributed by atoms with E-state index in [0.717, 1.165) is 54.9 Å². The molecule has 36 heavy (non-hydrogen) atoms. The molecule has 0 N–H and O–H groups in total. The molecule has 2 aromatic heterocycles. The molecule has 0 unspecified atom stereocenters. The van der Waals surface area contributed by atoms with Crippen molar-refractivity contribution < 1.29 is 4.39 Å². The van der Waals surface area contributed by atoms with Gasteiger partial charge in [0.25, 0.3) is 0 Å². The maximum absolute atomic E-state index is 13.8.